The van der Waals surface area contributed by atoms with Gasteiger partial charge in [-0.25, -0.2) is 4.79 Å². The molecule has 2 amide bonds. The topological polar surface area (TPSA) is 107 Å². The van der Waals surface area contributed by atoms with Crippen molar-refractivity contribution in [3.8, 4) is 11.5 Å². The molecule has 9 nitrogen and oxygen atoms in total. The molecule has 0 radical (unpaired) electrons. The number of methoxy groups -OCH3 is 2. The van der Waals surface area contributed by atoms with Crippen molar-refractivity contribution in [2.45, 2.75) is 48.6 Å². The van der Waals surface area contributed by atoms with Gasteiger partial charge in [0, 0.05) is 18.7 Å². The minimum Gasteiger partial charge on any atom is -0.593 e. The van der Waals surface area contributed by atoms with E-state index in [0.29, 0.717) is 29.4 Å². The van der Waals surface area contributed by atoms with Gasteiger partial charge in [-0.05, 0) is 43.5 Å². The predicted octanol–water partition coefficient (Wildman–Crippen LogP) is 3.62. The highest BCUT2D eigenvalue weighted by atomic mass is 32.3. The van der Waals surface area contributed by atoms with Crippen molar-refractivity contribution in [2.24, 2.45) is 4.99 Å². The molecule has 2 unspecified atom stereocenters. The van der Waals surface area contributed by atoms with E-state index in [-0.39, 0.29) is 30.1 Å². The Balaban J connectivity index is 1.55. The number of rotatable bonds is 6. The first-order valence-electron chi connectivity index (χ1n) is 11.9. The summed E-state index contributed by atoms with van der Waals surface area (Å²) in [5, 5.41) is 2.98. The molecule has 186 valence electrons. The lowest BCUT2D eigenvalue weighted by Gasteiger charge is -2.34. The van der Waals surface area contributed by atoms with Crippen molar-refractivity contribution in [1.29, 1.82) is 0 Å². The summed E-state index contributed by atoms with van der Waals surface area (Å²) < 4.78 is 39.3. The van der Waals surface area contributed by atoms with E-state index >= 15 is 0 Å². The number of sulfonamides is 1. The molecule has 2 heterocycles. The van der Waals surface area contributed by atoms with Crippen LogP contribution in [0.3, 0.4) is 0 Å². The summed E-state index contributed by atoms with van der Waals surface area (Å²) >= 11 is 0. The highest BCUT2D eigenvalue weighted by Crippen LogP contribution is 2.41. The van der Waals surface area contributed by atoms with Gasteiger partial charge in [-0.2, -0.15) is 0 Å². The fourth-order valence-corrected chi connectivity index (χ4v) is 6.84. The first-order valence-corrected chi connectivity index (χ1v) is 13.3. The summed E-state index contributed by atoms with van der Waals surface area (Å²) in [7, 11) is -0.736. The molecule has 5 rings (SSSR count). The number of ether oxygens (including phenoxy) is 2. The lowest BCUT2D eigenvalue weighted by molar-refractivity contribution is 0.251. The number of carbonyl (C=O) groups is 1. The number of hydrogen-bond acceptors (Lipinski definition) is 6. The van der Waals surface area contributed by atoms with E-state index in [9.17, 15) is 13.6 Å². The Kier molecular flexibility index (Phi) is 6.29. The maximum Gasteiger partial charge on any atom is 0.328 e. The number of hydrogen-bond donors (Lipinski definition) is 1. The van der Waals surface area contributed by atoms with Gasteiger partial charge in [0.25, 0.3) is 0 Å². The highest BCUT2D eigenvalue weighted by molar-refractivity contribution is 7.95. The average molecular weight is 499 g/mol. The molecule has 2 saturated heterocycles. The van der Waals surface area contributed by atoms with Crippen molar-refractivity contribution in [3.05, 3.63) is 48.5 Å². The maximum atomic E-state index is 13.6. The zero-order chi connectivity index (χ0) is 24.6. The second-order valence-corrected chi connectivity index (χ2v) is 11.1. The van der Waals surface area contributed by atoms with Crippen LogP contribution in [0.5, 0.6) is 11.5 Å². The van der Waals surface area contributed by atoms with Crippen molar-refractivity contribution >= 4 is 28.0 Å². The summed E-state index contributed by atoms with van der Waals surface area (Å²) in [4.78, 5) is 20.1. The predicted molar refractivity (Wildman–Crippen MR) is 133 cm³/mol. The molecule has 2 aromatic carbocycles. The number of urea groups is 1. The van der Waals surface area contributed by atoms with Crippen molar-refractivity contribution in [2.75, 3.05) is 32.2 Å². The van der Waals surface area contributed by atoms with Gasteiger partial charge in [0.15, 0.2) is 15.3 Å². The molecular weight excluding hydrogens is 468 g/mol. The molecule has 1 spiro atoms. The van der Waals surface area contributed by atoms with Crippen LogP contribution in [0.1, 0.15) is 32.1 Å². The summed E-state index contributed by atoms with van der Waals surface area (Å²) in [5.41, 5.74) is -0.281. The van der Waals surface area contributed by atoms with Gasteiger partial charge in [0.1, 0.15) is 22.9 Å². The summed E-state index contributed by atoms with van der Waals surface area (Å²) in [6.45, 7) is 0.368. The molecule has 2 aliphatic heterocycles. The molecule has 1 aliphatic carbocycles. The van der Waals surface area contributed by atoms with Gasteiger partial charge in [-0.1, -0.05) is 29.2 Å². The molecule has 1 saturated carbocycles. The van der Waals surface area contributed by atoms with Crippen molar-refractivity contribution < 1.29 is 23.0 Å². The van der Waals surface area contributed by atoms with Crippen molar-refractivity contribution in [3.63, 3.8) is 0 Å². The van der Waals surface area contributed by atoms with Gasteiger partial charge in [-0.3, -0.25) is 15.2 Å². The Morgan fingerprint density at radius 1 is 1.09 bits per heavy atom. The molecule has 3 aliphatic rings. The summed E-state index contributed by atoms with van der Waals surface area (Å²) in [5.74, 6) is 1.64. The molecular formula is C25H30N4O5S. The number of anilines is 1. The smallest absolute Gasteiger partial charge is 0.328 e. The number of carbonyl (C=O) groups excluding carboxylic acids is 1. The quantitative estimate of drug-likeness (QED) is 0.612. The van der Waals surface area contributed by atoms with Crippen LogP contribution in [-0.4, -0.2) is 59.6 Å². The van der Waals surface area contributed by atoms with Gasteiger partial charge >= 0.3 is 6.03 Å². The number of benzene rings is 2. The first kappa shape index (κ1) is 23.8. The molecule has 0 aromatic heterocycles. The zero-order valence-electron chi connectivity index (χ0n) is 19.9. The minimum atomic E-state index is -3.81. The van der Waals surface area contributed by atoms with E-state index in [0.717, 1.165) is 25.7 Å². The molecule has 3 fully saturated rings. The van der Waals surface area contributed by atoms with Crippen LogP contribution >= 0.6 is 0 Å². The Labute approximate surface area is 206 Å². The van der Waals surface area contributed by atoms with Crippen molar-refractivity contribution in [1.82, 2.24) is 9.62 Å². The third-order valence-corrected chi connectivity index (χ3v) is 8.98. The molecule has 10 heteroatoms. The third kappa shape index (κ3) is 4.19. The van der Waals surface area contributed by atoms with E-state index in [1.54, 1.807) is 36.3 Å². The van der Waals surface area contributed by atoms with Crippen LogP contribution in [-0.2, 0) is 14.6 Å². The average Bonchev–Trinajstić information content (AvgIpc) is 3.60. The Morgan fingerprint density at radius 3 is 2.49 bits per heavy atom. The van der Waals surface area contributed by atoms with E-state index < -0.39 is 15.9 Å². The zero-order valence-corrected chi connectivity index (χ0v) is 20.8. The van der Waals surface area contributed by atoms with Crippen LogP contribution < -0.4 is 19.7 Å². The molecule has 0 bridgehead atoms. The molecule has 35 heavy (non-hydrogen) atoms. The molecule has 1 N–H and O–H groups in total. The van der Waals surface area contributed by atoms with Crippen LogP contribution in [0.25, 0.3) is 0 Å². The number of aliphatic imine (C=N–C) groups is 1. The van der Waals surface area contributed by atoms with Crippen LogP contribution in [0, 0.1) is 0 Å². The lowest BCUT2D eigenvalue weighted by Crippen LogP contribution is -2.53. The highest BCUT2D eigenvalue weighted by Gasteiger charge is 2.59. The Morgan fingerprint density at radius 2 is 1.77 bits per heavy atom. The lowest BCUT2D eigenvalue weighted by atomic mass is 9.95. The third-order valence-electron chi connectivity index (χ3n) is 7.14. The number of amides is 2. The monoisotopic (exact) mass is 498 g/mol. The number of amidine groups is 1. The Bertz CT molecular complexity index is 1200. The van der Waals surface area contributed by atoms with Crippen LogP contribution in [0.4, 0.5) is 10.5 Å². The number of nitrogens with zero attached hydrogens (tertiary/aromatic N) is 3. The van der Waals surface area contributed by atoms with E-state index in [4.69, 9.17) is 14.5 Å². The van der Waals surface area contributed by atoms with Crippen LogP contribution in [0.2, 0.25) is 0 Å². The van der Waals surface area contributed by atoms with Gasteiger partial charge in [0.05, 0.1) is 32.5 Å². The van der Waals surface area contributed by atoms with E-state index in [1.165, 1.54) is 17.5 Å². The van der Waals surface area contributed by atoms with Gasteiger partial charge < -0.3 is 14.0 Å². The van der Waals surface area contributed by atoms with E-state index in [2.05, 4.69) is 5.32 Å². The van der Waals surface area contributed by atoms with Crippen LogP contribution in [0.15, 0.2) is 58.4 Å². The minimum absolute atomic E-state index is 0.105. The SMILES string of the molecule is COc1cccc(N2C(=O)NC(=NC3CCCC3)C23CCN([S+](=O)([O-])c2cccc(OC)c2)C3)c1. The fraction of sp³-hybridized carbons (Fsp3) is 0.440. The molecule has 2 aromatic rings. The Hall–Kier alpha value is -2.95. The van der Waals surface area contributed by atoms with E-state index in [1.807, 2.05) is 18.2 Å². The largest absolute Gasteiger partial charge is 0.593 e. The van der Waals surface area contributed by atoms with Gasteiger partial charge in [0.2, 0.25) is 0 Å². The maximum absolute atomic E-state index is 13.6. The normalized spacial score (nSPS) is 25.9. The van der Waals surface area contributed by atoms with Gasteiger partial charge in [-0.15, -0.1) is 4.31 Å². The molecule has 2 atom stereocenters. The first-order chi connectivity index (χ1) is 16.9. The number of nitrogens with one attached hydrogen (secondary N) is 1. The summed E-state index contributed by atoms with van der Waals surface area (Å²) in [6, 6.07) is 13.5. The second kappa shape index (κ2) is 9.25. The fourth-order valence-electron chi connectivity index (χ4n) is 5.31. The second-order valence-electron chi connectivity index (χ2n) is 9.18. The summed E-state index contributed by atoms with van der Waals surface area (Å²) in [6.07, 6.45) is 4.59. The standard InChI is InChI=1S/C25H30N4O5S/c1-33-20-10-5-9-19(15-20)29-24(30)27-23(26-18-7-3-4-8-18)25(29)13-14-28(17-25)35(31,32)22-12-6-11-21(16-22)34-2/h5-6,9-12,15-16,18H,3-4,7-8,13-14,17H2,1-2H3,(H-,26,27,30,31,32).